The maximum atomic E-state index is 13.1. The van der Waals surface area contributed by atoms with Gasteiger partial charge in [-0.25, -0.2) is 13.4 Å². The van der Waals surface area contributed by atoms with E-state index in [9.17, 15) is 8.42 Å². The molecule has 2 aromatic carbocycles. The van der Waals surface area contributed by atoms with Crippen LogP contribution in [0, 0.1) is 6.92 Å². The second-order valence-corrected chi connectivity index (χ2v) is 11.3. The smallest absolute Gasteiger partial charge is 0.243 e. The van der Waals surface area contributed by atoms with E-state index in [2.05, 4.69) is 34.7 Å². The molecule has 0 saturated carbocycles. The molecule has 0 atom stereocenters. The van der Waals surface area contributed by atoms with Crippen LogP contribution in [0.15, 0.2) is 58.8 Å². The molecule has 0 aliphatic carbocycles. The highest BCUT2D eigenvalue weighted by Gasteiger charge is 2.26. The van der Waals surface area contributed by atoms with Crippen LogP contribution in [-0.2, 0) is 22.3 Å². The zero-order valence-electron chi connectivity index (χ0n) is 19.4. The molecule has 0 radical (unpaired) electrons. The third-order valence-corrected chi connectivity index (χ3v) is 9.12. The van der Waals surface area contributed by atoms with Gasteiger partial charge in [0.25, 0.3) is 0 Å². The average Bonchev–Trinajstić information content (AvgIpc) is 3.47. The van der Waals surface area contributed by atoms with Gasteiger partial charge in [0.2, 0.25) is 10.0 Å². The van der Waals surface area contributed by atoms with Crippen molar-refractivity contribution in [1.82, 2.24) is 28.6 Å². The van der Waals surface area contributed by atoms with E-state index in [1.54, 1.807) is 34.5 Å². The summed E-state index contributed by atoms with van der Waals surface area (Å²) in [6, 6.07) is 13.4. The van der Waals surface area contributed by atoms with Crippen molar-refractivity contribution in [2.24, 2.45) is 0 Å². The van der Waals surface area contributed by atoms with Crippen LogP contribution in [0.1, 0.15) is 37.6 Å². The van der Waals surface area contributed by atoms with Crippen LogP contribution in [0.5, 0.6) is 0 Å². The number of sulfonamides is 1. The first-order chi connectivity index (χ1) is 16.5. The lowest BCUT2D eigenvalue weighted by Crippen LogP contribution is -2.35. The summed E-state index contributed by atoms with van der Waals surface area (Å²) in [6.07, 6.45) is 4.65. The molecule has 8 nitrogen and oxygen atoms in total. The minimum atomic E-state index is -3.49. The number of fused-ring (bicyclic) bond motifs is 1. The van der Waals surface area contributed by atoms with Gasteiger partial charge in [0, 0.05) is 19.6 Å². The molecule has 5 rings (SSSR count). The van der Waals surface area contributed by atoms with Gasteiger partial charge in [0.1, 0.15) is 12.2 Å². The molecule has 1 fully saturated rings. The molecular formula is C24H28N6O2S2. The van der Waals surface area contributed by atoms with Gasteiger partial charge in [-0.2, -0.15) is 4.31 Å². The number of hydrogen-bond acceptors (Lipinski definition) is 6. The summed E-state index contributed by atoms with van der Waals surface area (Å²) >= 11 is 1.57. The number of hydrogen-bond donors (Lipinski definition) is 0. The first-order valence-electron chi connectivity index (χ1n) is 11.6. The lowest BCUT2D eigenvalue weighted by Gasteiger charge is -2.25. The number of aromatic nitrogens is 5. The van der Waals surface area contributed by atoms with Crippen molar-refractivity contribution in [2.45, 2.75) is 55.5 Å². The Morgan fingerprint density at radius 3 is 2.62 bits per heavy atom. The van der Waals surface area contributed by atoms with Gasteiger partial charge in [-0.1, -0.05) is 36.4 Å². The lowest BCUT2D eigenvalue weighted by atomic mass is 10.2. The largest absolute Gasteiger partial charge is 0.328 e. The Bertz CT molecular complexity index is 1420. The van der Waals surface area contributed by atoms with Crippen molar-refractivity contribution in [1.29, 1.82) is 0 Å². The summed E-state index contributed by atoms with van der Waals surface area (Å²) in [5.41, 5.74) is 3.84. The molecule has 1 saturated heterocycles. The summed E-state index contributed by atoms with van der Waals surface area (Å²) < 4.78 is 32.0. The van der Waals surface area contributed by atoms with E-state index in [4.69, 9.17) is 4.98 Å². The first-order valence-corrected chi connectivity index (χ1v) is 14.0. The van der Waals surface area contributed by atoms with Crippen molar-refractivity contribution in [3.8, 4) is 5.69 Å². The Morgan fingerprint density at radius 2 is 1.85 bits per heavy atom. The number of rotatable bonds is 7. The van der Waals surface area contributed by atoms with E-state index in [1.807, 2.05) is 28.8 Å². The summed E-state index contributed by atoms with van der Waals surface area (Å²) in [5.74, 6) is 1.48. The van der Waals surface area contributed by atoms with Gasteiger partial charge in [0.15, 0.2) is 5.16 Å². The maximum absolute atomic E-state index is 13.1. The Hall–Kier alpha value is -2.69. The van der Waals surface area contributed by atoms with Gasteiger partial charge in [0.05, 0.1) is 27.4 Å². The standard InChI is InChI=1S/C24H28N6O2S2/c1-3-29-22-12-11-19(34(31,32)28-13-7-4-8-14-28)15-20(22)26-23(29)16-33-24-27-25-17-30(24)21-10-6-5-9-18(21)2/h5-6,9-12,15,17H,3-4,7-8,13-14,16H2,1-2H3. The van der Waals surface area contributed by atoms with Crippen molar-refractivity contribution in [2.75, 3.05) is 13.1 Å². The van der Waals surface area contributed by atoms with E-state index in [0.29, 0.717) is 29.3 Å². The normalized spacial score (nSPS) is 15.2. The van der Waals surface area contributed by atoms with Crippen LogP contribution in [0.4, 0.5) is 0 Å². The van der Waals surface area contributed by atoms with Crippen LogP contribution in [0.25, 0.3) is 16.7 Å². The Morgan fingerprint density at radius 1 is 1.06 bits per heavy atom. The summed E-state index contributed by atoms with van der Waals surface area (Å²) in [5, 5.41) is 9.21. The minimum Gasteiger partial charge on any atom is -0.328 e. The van der Waals surface area contributed by atoms with Crippen molar-refractivity contribution in [3.05, 3.63) is 60.2 Å². The zero-order valence-corrected chi connectivity index (χ0v) is 21.0. The third-order valence-electron chi connectivity index (χ3n) is 6.29. The average molecular weight is 497 g/mol. The van der Waals surface area contributed by atoms with Crippen molar-refractivity contribution < 1.29 is 8.42 Å². The third kappa shape index (κ3) is 4.25. The first kappa shape index (κ1) is 23.1. The molecule has 1 aliphatic heterocycles. The highest BCUT2D eigenvalue weighted by Crippen LogP contribution is 2.29. The Kier molecular flexibility index (Phi) is 6.46. The molecule has 34 heavy (non-hydrogen) atoms. The maximum Gasteiger partial charge on any atom is 0.243 e. The molecule has 1 aliphatic rings. The predicted octanol–water partition coefficient (Wildman–Crippen LogP) is 4.41. The molecule has 3 heterocycles. The molecule has 10 heteroatoms. The zero-order chi connectivity index (χ0) is 23.7. The number of aryl methyl sites for hydroxylation is 2. The van der Waals surface area contributed by atoms with E-state index < -0.39 is 10.0 Å². The Balaban J connectivity index is 1.43. The fourth-order valence-corrected chi connectivity index (χ4v) is 6.89. The SMILES string of the molecule is CCn1c(CSc2nncn2-c2ccccc2C)nc2cc(S(=O)(=O)N3CCCCC3)ccc21. The lowest BCUT2D eigenvalue weighted by molar-refractivity contribution is 0.346. The van der Waals surface area contributed by atoms with Crippen molar-refractivity contribution >= 4 is 32.8 Å². The van der Waals surface area contributed by atoms with Crippen LogP contribution >= 0.6 is 11.8 Å². The topological polar surface area (TPSA) is 85.9 Å². The minimum absolute atomic E-state index is 0.321. The fourth-order valence-electron chi connectivity index (χ4n) is 4.49. The molecular weight excluding hydrogens is 468 g/mol. The molecule has 4 aromatic rings. The number of piperidine rings is 1. The van der Waals surface area contributed by atoms with Crippen LogP contribution in [0.2, 0.25) is 0 Å². The van der Waals surface area contributed by atoms with E-state index >= 15 is 0 Å². The van der Waals surface area contributed by atoms with Gasteiger partial charge in [-0.15, -0.1) is 10.2 Å². The van der Waals surface area contributed by atoms with Crippen LogP contribution < -0.4 is 0 Å². The predicted molar refractivity (Wildman–Crippen MR) is 134 cm³/mol. The van der Waals surface area contributed by atoms with Gasteiger partial charge in [-0.3, -0.25) is 4.57 Å². The van der Waals surface area contributed by atoms with E-state index in [-0.39, 0.29) is 0 Å². The van der Waals surface area contributed by atoms with Gasteiger partial charge >= 0.3 is 0 Å². The monoisotopic (exact) mass is 496 g/mol. The molecule has 0 amide bonds. The van der Waals surface area contributed by atoms with Crippen LogP contribution in [-0.4, -0.2) is 50.1 Å². The quantitative estimate of drug-likeness (QED) is 0.352. The number of benzene rings is 2. The summed E-state index contributed by atoms with van der Waals surface area (Å²) in [4.78, 5) is 5.14. The Labute approximate surface area is 204 Å². The second-order valence-electron chi connectivity index (χ2n) is 8.45. The second kappa shape index (κ2) is 9.52. The summed E-state index contributed by atoms with van der Waals surface area (Å²) in [7, 11) is -3.49. The van der Waals surface area contributed by atoms with E-state index in [1.165, 1.54) is 0 Å². The molecule has 0 spiro atoms. The van der Waals surface area contributed by atoms with Crippen LogP contribution in [0.3, 0.4) is 0 Å². The fraction of sp³-hybridized carbons (Fsp3) is 0.375. The molecule has 0 unspecified atom stereocenters. The van der Waals surface area contributed by atoms with Gasteiger partial charge < -0.3 is 4.57 Å². The number of para-hydroxylation sites is 1. The van der Waals surface area contributed by atoms with Crippen molar-refractivity contribution in [3.63, 3.8) is 0 Å². The van der Waals surface area contributed by atoms with Gasteiger partial charge in [-0.05, 0) is 56.5 Å². The highest BCUT2D eigenvalue weighted by atomic mass is 32.2. The molecule has 2 aromatic heterocycles. The summed E-state index contributed by atoms with van der Waals surface area (Å²) in [6.45, 7) is 6.06. The molecule has 0 bridgehead atoms. The molecule has 178 valence electrons. The number of imidazole rings is 1. The van der Waals surface area contributed by atoms with E-state index in [0.717, 1.165) is 53.6 Å². The number of nitrogens with zero attached hydrogens (tertiary/aromatic N) is 6. The molecule has 0 N–H and O–H groups in total. The number of thioether (sulfide) groups is 1. The highest BCUT2D eigenvalue weighted by molar-refractivity contribution is 7.98.